The number of aromatic nitrogens is 3. The van der Waals surface area contributed by atoms with Crippen LogP contribution in [-0.2, 0) is 0 Å². The summed E-state index contributed by atoms with van der Waals surface area (Å²) < 4.78 is 45.0. The van der Waals surface area contributed by atoms with Crippen molar-refractivity contribution < 1.29 is 17.9 Å². The van der Waals surface area contributed by atoms with Crippen molar-refractivity contribution in [3.8, 4) is 17.1 Å². The second-order valence-electron chi connectivity index (χ2n) is 5.42. The Morgan fingerprint density at radius 3 is 2.46 bits per heavy atom. The molecule has 2 N–H and O–H groups in total. The summed E-state index contributed by atoms with van der Waals surface area (Å²) in [6.45, 7) is 3.79. The summed E-state index contributed by atoms with van der Waals surface area (Å²) in [6.07, 6.45) is -2.31. The highest BCUT2D eigenvalue weighted by Gasteiger charge is 2.20. The Labute approximate surface area is 137 Å². The predicted octanol–water partition coefficient (Wildman–Crippen LogP) is 3.65. The van der Waals surface area contributed by atoms with Gasteiger partial charge in [-0.1, -0.05) is 0 Å². The van der Waals surface area contributed by atoms with Gasteiger partial charge in [-0.05, 0) is 38.1 Å². The first-order chi connectivity index (χ1) is 11.5. The highest BCUT2D eigenvalue weighted by molar-refractivity contribution is 5.56. The van der Waals surface area contributed by atoms with Crippen LogP contribution in [0.5, 0.6) is 5.75 Å². The topological polar surface area (TPSA) is 66.0 Å². The van der Waals surface area contributed by atoms with E-state index in [1.807, 2.05) is 13.8 Å². The van der Waals surface area contributed by atoms with Crippen molar-refractivity contribution in [2.45, 2.75) is 26.3 Å². The number of benzene rings is 1. The molecule has 5 nitrogen and oxygen atoms in total. The van der Waals surface area contributed by atoms with E-state index in [1.165, 1.54) is 4.68 Å². The lowest BCUT2D eigenvalue weighted by Gasteiger charge is -2.10. The SMILES string of the molecule is CC(C)n1nc(C(F)F)nc1-c1ccc(OC/C(=C/F)CN)cc1. The number of hydrogen-bond donors (Lipinski definition) is 1. The zero-order valence-corrected chi connectivity index (χ0v) is 13.4. The molecule has 2 aromatic rings. The lowest BCUT2D eigenvalue weighted by molar-refractivity contribution is 0.139. The number of nitrogens with zero attached hydrogens (tertiary/aromatic N) is 3. The van der Waals surface area contributed by atoms with Crippen LogP contribution in [0.1, 0.15) is 32.1 Å². The molecule has 0 atom stereocenters. The van der Waals surface area contributed by atoms with Gasteiger partial charge >= 0.3 is 0 Å². The number of halogens is 3. The minimum Gasteiger partial charge on any atom is -0.489 e. The summed E-state index contributed by atoms with van der Waals surface area (Å²) >= 11 is 0. The Morgan fingerprint density at radius 2 is 1.96 bits per heavy atom. The molecule has 1 heterocycles. The van der Waals surface area contributed by atoms with E-state index in [2.05, 4.69) is 10.1 Å². The van der Waals surface area contributed by atoms with E-state index in [-0.39, 0.29) is 19.2 Å². The van der Waals surface area contributed by atoms with Gasteiger partial charge in [0, 0.05) is 23.7 Å². The van der Waals surface area contributed by atoms with Gasteiger partial charge in [0.25, 0.3) is 6.43 Å². The third-order valence-corrected chi connectivity index (χ3v) is 3.29. The molecule has 8 heteroatoms. The Balaban J connectivity index is 2.21. The third-order valence-electron chi connectivity index (χ3n) is 3.29. The number of hydrogen-bond acceptors (Lipinski definition) is 4. The molecule has 0 bridgehead atoms. The van der Waals surface area contributed by atoms with Gasteiger partial charge < -0.3 is 10.5 Å². The van der Waals surface area contributed by atoms with Crippen molar-refractivity contribution in [2.75, 3.05) is 13.2 Å². The zero-order chi connectivity index (χ0) is 17.7. The van der Waals surface area contributed by atoms with Crippen LogP contribution in [0.3, 0.4) is 0 Å². The molecule has 130 valence electrons. The highest BCUT2D eigenvalue weighted by atomic mass is 19.3. The van der Waals surface area contributed by atoms with Crippen LogP contribution in [0.2, 0.25) is 0 Å². The van der Waals surface area contributed by atoms with E-state index in [9.17, 15) is 13.2 Å². The van der Waals surface area contributed by atoms with Crippen LogP contribution >= 0.6 is 0 Å². The molecule has 0 saturated heterocycles. The molecule has 0 spiro atoms. The van der Waals surface area contributed by atoms with Crippen molar-refractivity contribution in [2.24, 2.45) is 5.73 Å². The average Bonchev–Trinajstić information content (AvgIpc) is 3.02. The zero-order valence-electron chi connectivity index (χ0n) is 13.4. The van der Waals surface area contributed by atoms with Gasteiger partial charge in [-0.25, -0.2) is 22.8 Å². The first-order valence-electron chi connectivity index (χ1n) is 7.42. The lowest BCUT2D eigenvalue weighted by Crippen LogP contribution is -2.10. The lowest BCUT2D eigenvalue weighted by atomic mass is 10.2. The van der Waals surface area contributed by atoms with Crippen molar-refractivity contribution >= 4 is 0 Å². The van der Waals surface area contributed by atoms with Crippen LogP contribution in [0, 0.1) is 0 Å². The molecule has 0 unspecified atom stereocenters. The number of alkyl halides is 2. The van der Waals surface area contributed by atoms with Gasteiger partial charge in [-0.2, -0.15) is 0 Å². The van der Waals surface area contributed by atoms with E-state index >= 15 is 0 Å². The summed E-state index contributed by atoms with van der Waals surface area (Å²) in [5.41, 5.74) is 6.32. The Morgan fingerprint density at radius 1 is 1.29 bits per heavy atom. The van der Waals surface area contributed by atoms with E-state index in [4.69, 9.17) is 10.5 Å². The highest BCUT2D eigenvalue weighted by Crippen LogP contribution is 2.26. The van der Waals surface area contributed by atoms with Crippen molar-refractivity contribution in [3.63, 3.8) is 0 Å². The summed E-state index contributed by atoms with van der Waals surface area (Å²) in [7, 11) is 0. The Bertz CT molecular complexity index is 696. The molecule has 0 amide bonds. The Kier molecular flexibility index (Phi) is 5.97. The smallest absolute Gasteiger partial charge is 0.299 e. The van der Waals surface area contributed by atoms with Gasteiger partial charge in [0.2, 0.25) is 5.82 Å². The second kappa shape index (κ2) is 7.96. The Hall–Kier alpha value is -2.35. The molecule has 1 aromatic carbocycles. The first kappa shape index (κ1) is 18.0. The fourth-order valence-corrected chi connectivity index (χ4v) is 2.00. The molecule has 0 radical (unpaired) electrons. The van der Waals surface area contributed by atoms with Crippen LogP contribution in [0.25, 0.3) is 11.4 Å². The summed E-state index contributed by atoms with van der Waals surface area (Å²) in [5.74, 6) is 0.370. The van der Waals surface area contributed by atoms with E-state index in [0.717, 1.165) is 0 Å². The number of rotatable bonds is 7. The largest absolute Gasteiger partial charge is 0.489 e. The fraction of sp³-hybridized carbons (Fsp3) is 0.375. The molecule has 0 saturated carbocycles. The molecule has 0 fully saturated rings. The van der Waals surface area contributed by atoms with Gasteiger partial charge in [0.1, 0.15) is 12.4 Å². The normalized spacial score (nSPS) is 12.2. The second-order valence-corrected chi connectivity index (χ2v) is 5.42. The molecule has 0 aliphatic carbocycles. The van der Waals surface area contributed by atoms with Gasteiger partial charge in [-0.15, -0.1) is 5.10 Å². The maximum atomic E-state index is 12.8. The molecular formula is C16H19F3N4O. The van der Waals surface area contributed by atoms with E-state index < -0.39 is 12.2 Å². The van der Waals surface area contributed by atoms with Gasteiger partial charge in [0.15, 0.2) is 5.82 Å². The maximum Gasteiger partial charge on any atom is 0.299 e. The number of ether oxygens (including phenoxy) is 1. The molecular weight excluding hydrogens is 321 g/mol. The van der Waals surface area contributed by atoms with Crippen LogP contribution in [0.4, 0.5) is 13.2 Å². The monoisotopic (exact) mass is 340 g/mol. The first-order valence-corrected chi connectivity index (χ1v) is 7.42. The average molecular weight is 340 g/mol. The third kappa shape index (κ3) is 4.14. The molecule has 0 aliphatic heterocycles. The number of nitrogens with two attached hydrogens (primary N) is 1. The fourth-order valence-electron chi connectivity index (χ4n) is 2.00. The quantitative estimate of drug-likeness (QED) is 0.835. The predicted molar refractivity (Wildman–Crippen MR) is 84.5 cm³/mol. The van der Waals surface area contributed by atoms with Crippen molar-refractivity contribution in [1.29, 1.82) is 0 Å². The van der Waals surface area contributed by atoms with Crippen molar-refractivity contribution in [1.82, 2.24) is 14.8 Å². The molecule has 2 rings (SSSR count). The molecule has 24 heavy (non-hydrogen) atoms. The minimum atomic E-state index is -2.73. The van der Waals surface area contributed by atoms with Crippen LogP contribution in [0.15, 0.2) is 36.2 Å². The summed E-state index contributed by atoms with van der Waals surface area (Å²) in [5, 5.41) is 3.85. The van der Waals surface area contributed by atoms with Crippen LogP contribution < -0.4 is 10.5 Å². The standard InChI is InChI=1S/C16H19F3N4O/c1-10(2)23-16(21-15(22-23)14(18)19)12-3-5-13(6-4-12)24-9-11(7-17)8-20/h3-7,10,14H,8-9,20H2,1-2H3/b11-7+. The summed E-state index contributed by atoms with van der Waals surface area (Å²) in [4.78, 5) is 3.92. The van der Waals surface area contributed by atoms with Crippen molar-refractivity contribution in [3.05, 3.63) is 42.0 Å². The summed E-state index contributed by atoms with van der Waals surface area (Å²) in [6, 6.07) is 6.58. The van der Waals surface area contributed by atoms with Gasteiger partial charge in [-0.3, -0.25) is 0 Å². The van der Waals surface area contributed by atoms with E-state index in [0.29, 0.717) is 29.0 Å². The van der Waals surface area contributed by atoms with Crippen LogP contribution in [-0.4, -0.2) is 27.9 Å². The van der Waals surface area contributed by atoms with Gasteiger partial charge in [0.05, 0.1) is 6.33 Å². The maximum absolute atomic E-state index is 12.8. The molecule has 0 aliphatic rings. The molecule has 1 aromatic heterocycles. The van der Waals surface area contributed by atoms with E-state index in [1.54, 1.807) is 24.3 Å². The minimum absolute atomic E-state index is 0.0457.